The van der Waals surface area contributed by atoms with E-state index in [1.54, 1.807) is 24.3 Å². The van der Waals surface area contributed by atoms with Crippen LogP contribution in [0.25, 0.3) is 12.2 Å². The Bertz CT molecular complexity index is 911. The highest BCUT2D eigenvalue weighted by Gasteiger charge is 2.11. The first-order valence-electron chi connectivity index (χ1n) is 7.11. The van der Waals surface area contributed by atoms with E-state index in [4.69, 9.17) is 32.4 Å². The molecule has 0 fully saturated rings. The largest absolute Gasteiger partial charge is 0.461 e. The van der Waals surface area contributed by atoms with Gasteiger partial charge >= 0.3 is 0 Å². The number of benzene rings is 2. The third-order valence-electron chi connectivity index (χ3n) is 3.19. The van der Waals surface area contributed by atoms with E-state index >= 15 is 0 Å². The van der Waals surface area contributed by atoms with Crippen molar-refractivity contribution in [3.05, 3.63) is 92.5 Å². The summed E-state index contributed by atoms with van der Waals surface area (Å²) in [7, 11) is 0. The van der Waals surface area contributed by atoms with Gasteiger partial charge in [0.2, 0.25) is 11.2 Å². The minimum atomic E-state index is -0.329. The van der Waals surface area contributed by atoms with E-state index in [1.165, 1.54) is 12.3 Å². The lowest BCUT2D eigenvalue weighted by Crippen LogP contribution is -2.03. The molecule has 0 radical (unpaired) electrons. The fraction of sp³-hybridized carbons (Fsp3) is 0. The quantitative estimate of drug-likeness (QED) is 0.581. The highest BCUT2D eigenvalue weighted by atomic mass is 35.5. The Morgan fingerprint density at radius 1 is 0.917 bits per heavy atom. The van der Waals surface area contributed by atoms with Crippen molar-refractivity contribution in [2.24, 2.45) is 0 Å². The van der Waals surface area contributed by atoms with Crippen LogP contribution in [-0.4, -0.2) is 0 Å². The minimum absolute atomic E-state index is 0.0156. The van der Waals surface area contributed by atoms with E-state index in [2.05, 4.69) is 0 Å². The van der Waals surface area contributed by atoms with Gasteiger partial charge < -0.3 is 9.15 Å². The lowest BCUT2D eigenvalue weighted by Gasteiger charge is -2.08. The Balaban J connectivity index is 1.83. The molecule has 1 heterocycles. The van der Waals surface area contributed by atoms with Crippen molar-refractivity contribution < 1.29 is 9.15 Å². The highest BCUT2D eigenvalue weighted by molar-refractivity contribution is 6.37. The molecule has 0 aliphatic carbocycles. The van der Waals surface area contributed by atoms with Gasteiger partial charge in [-0.2, -0.15) is 0 Å². The summed E-state index contributed by atoms with van der Waals surface area (Å²) in [5, 5.41) is 0.630. The van der Waals surface area contributed by atoms with Crippen molar-refractivity contribution in [1.29, 1.82) is 0 Å². The first-order valence-corrected chi connectivity index (χ1v) is 7.87. The molecule has 0 saturated carbocycles. The number of rotatable bonds is 4. The Hall–Kier alpha value is -2.49. The Morgan fingerprint density at radius 2 is 1.62 bits per heavy atom. The van der Waals surface area contributed by atoms with Crippen LogP contribution < -0.4 is 10.2 Å². The predicted molar refractivity (Wildman–Crippen MR) is 96.9 cm³/mol. The highest BCUT2D eigenvalue weighted by Crippen LogP contribution is 2.35. The van der Waals surface area contributed by atoms with Crippen LogP contribution in [0.3, 0.4) is 0 Å². The maximum Gasteiger partial charge on any atom is 0.227 e. The van der Waals surface area contributed by atoms with Crippen molar-refractivity contribution in [3.8, 4) is 11.5 Å². The van der Waals surface area contributed by atoms with Crippen molar-refractivity contribution in [3.63, 3.8) is 0 Å². The summed E-state index contributed by atoms with van der Waals surface area (Å²) in [4.78, 5) is 12.2. The summed E-state index contributed by atoms with van der Waals surface area (Å²) < 4.78 is 10.9. The molecule has 2 aromatic carbocycles. The van der Waals surface area contributed by atoms with E-state index in [0.29, 0.717) is 15.8 Å². The summed E-state index contributed by atoms with van der Waals surface area (Å²) >= 11 is 12.1. The van der Waals surface area contributed by atoms with Crippen molar-refractivity contribution in [2.75, 3.05) is 0 Å². The zero-order valence-corrected chi connectivity index (χ0v) is 13.9. The lowest BCUT2D eigenvalue weighted by atomic mass is 10.2. The summed E-state index contributed by atoms with van der Waals surface area (Å²) in [6.07, 6.45) is 4.80. The summed E-state index contributed by atoms with van der Waals surface area (Å²) in [5.41, 5.74) is 0.674. The Labute approximate surface area is 148 Å². The molecule has 0 aliphatic heterocycles. The van der Waals surface area contributed by atoms with E-state index in [-0.39, 0.29) is 16.9 Å². The third-order valence-corrected chi connectivity index (χ3v) is 3.78. The van der Waals surface area contributed by atoms with Crippen molar-refractivity contribution >= 4 is 35.4 Å². The summed E-state index contributed by atoms with van der Waals surface area (Å²) in [6.45, 7) is 0. The lowest BCUT2D eigenvalue weighted by molar-refractivity contribution is 0.436. The average Bonchev–Trinajstić information content (AvgIpc) is 2.59. The molecule has 3 rings (SSSR count). The summed E-state index contributed by atoms with van der Waals surface area (Å²) in [6, 6.07) is 16.0. The van der Waals surface area contributed by atoms with Crippen LogP contribution in [0.2, 0.25) is 10.0 Å². The van der Waals surface area contributed by atoms with Crippen LogP contribution in [0.4, 0.5) is 0 Å². The fourth-order valence-electron chi connectivity index (χ4n) is 2.01. The van der Waals surface area contributed by atoms with Gasteiger partial charge in [0.1, 0.15) is 12.0 Å². The monoisotopic (exact) mass is 358 g/mol. The first kappa shape index (κ1) is 16.4. The second-order valence-corrected chi connectivity index (χ2v) is 5.72. The molecule has 1 aromatic heterocycles. The molecule has 0 bridgehead atoms. The predicted octanol–water partition coefficient (Wildman–Crippen LogP) is 5.91. The van der Waals surface area contributed by atoms with E-state index in [1.807, 2.05) is 36.4 Å². The van der Waals surface area contributed by atoms with E-state index < -0.39 is 0 Å². The molecule has 24 heavy (non-hydrogen) atoms. The van der Waals surface area contributed by atoms with Gasteiger partial charge in [0.15, 0.2) is 5.75 Å². The van der Waals surface area contributed by atoms with Gasteiger partial charge in [0.05, 0.1) is 10.0 Å². The molecule has 0 aliphatic rings. The smallest absolute Gasteiger partial charge is 0.227 e. The zero-order chi connectivity index (χ0) is 16.9. The molecule has 0 amide bonds. The number of ether oxygens (including phenoxy) is 1. The topological polar surface area (TPSA) is 39.4 Å². The molecule has 0 saturated heterocycles. The standard InChI is InChI=1S/C19H12Cl2O3/c20-15-7-4-8-16(21)19(15)24-18-12-23-14(11-17(18)22)10-9-13-5-2-1-3-6-13/h1-12H/b10-9+. The van der Waals surface area contributed by atoms with Gasteiger partial charge in [-0.3, -0.25) is 4.79 Å². The van der Waals surface area contributed by atoms with Gasteiger partial charge in [-0.1, -0.05) is 65.7 Å². The zero-order valence-electron chi connectivity index (χ0n) is 12.4. The SMILES string of the molecule is O=c1cc(/C=C/c2ccccc2)occ1Oc1c(Cl)cccc1Cl. The van der Waals surface area contributed by atoms with Crippen LogP contribution in [0.5, 0.6) is 11.5 Å². The fourth-order valence-corrected chi connectivity index (χ4v) is 2.48. The van der Waals surface area contributed by atoms with Gasteiger partial charge in [-0.05, 0) is 23.8 Å². The van der Waals surface area contributed by atoms with E-state index in [9.17, 15) is 4.79 Å². The third kappa shape index (κ3) is 3.88. The molecule has 0 N–H and O–H groups in total. The van der Waals surface area contributed by atoms with Crippen LogP contribution >= 0.6 is 23.2 Å². The van der Waals surface area contributed by atoms with Crippen molar-refractivity contribution in [1.82, 2.24) is 0 Å². The second-order valence-electron chi connectivity index (χ2n) is 4.91. The molecule has 0 spiro atoms. The molecule has 5 heteroatoms. The van der Waals surface area contributed by atoms with Crippen molar-refractivity contribution in [2.45, 2.75) is 0 Å². The number of para-hydroxylation sites is 1. The molecule has 3 aromatic rings. The van der Waals surface area contributed by atoms with Crippen LogP contribution in [0, 0.1) is 0 Å². The van der Waals surface area contributed by atoms with Crippen LogP contribution in [0.1, 0.15) is 11.3 Å². The number of hydrogen-bond donors (Lipinski definition) is 0. The molecule has 3 nitrogen and oxygen atoms in total. The maximum atomic E-state index is 12.2. The Morgan fingerprint density at radius 3 is 2.29 bits per heavy atom. The van der Waals surface area contributed by atoms with Gasteiger partial charge in [-0.25, -0.2) is 0 Å². The van der Waals surface area contributed by atoms with Crippen LogP contribution in [-0.2, 0) is 0 Å². The normalized spacial score (nSPS) is 10.9. The molecule has 0 atom stereocenters. The average molecular weight is 359 g/mol. The summed E-state index contributed by atoms with van der Waals surface area (Å²) in [5.74, 6) is 0.657. The first-order chi connectivity index (χ1) is 11.6. The molecule has 120 valence electrons. The molecular weight excluding hydrogens is 347 g/mol. The minimum Gasteiger partial charge on any atom is -0.461 e. The number of hydrogen-bond acceptors (Lipinski definition) is 3. The molecule has 0 unspecified atom stereocenters. The second kappa shape index (κ2) is 7.39. The maximum absolute atomic E-state index is 12.2. The van der Waals surface area contributed by atoms with Gasteiger partial charge in [0.25, 0.3) is 0 Å². The van der Waals surface area contributed by atoms with Gasteiger partial charge in [-0.15, -0.1) is 0 Å². The van der Waals surface area contributed by atoms with E-state index in [0.717, 1.165) is 5.56 Å². The molecular formula is C19H12Cl2O3. The van der Waals surface area contributed by atoms with Crippen LogP contribution in [0.15, 0.2) is 70.1 Å². The van der Waals surface area contributed by atoms with Gasteiger partial charge in [0, 0.05) is 6.07 Å². The Kier molecular flexibility index (Phi) is 5.04. The number of halogens is 2.